The van der Waals surface area contributed by atoms with E-state index in [-0.39, 0.29) is 0 Å². The Morgan fingerprint density at radius 2 is 2.07 bits per heavy atom. The number of hydrogen-bond acceptors (Lipinski definition) is 2. The van der Waals surface area contributed by atoms with Gasteiger partial charge in [0.1, 0.15) is 5.82 Å². The second kappa shape index (κ2) is 4.28. The lowest BCUT2D eigenvalue weighted by Gasteiger charge is -2.10. The SMILES string of the molecule is Cn1ccnc1CC(O)c1ccccc1. The van der Waals surface area contributed by atoms with Crippen molar-refractivity contribution in [3.05, 3.63) is 54.1 Å². The normalized spacial score (nSPS) is 12.7. The first-order chi connectivity index (χ1) is 7.27. The van der Waals surface area contributed by atoms with Crippen LogP contribution in [0.4, 0.5) is 0 Å². The molecular weight excluding hydrogens is 188 g/mol. The van der Waals surface area contributed by atoms with Crippen LogP contribution in [-0.4, -0.2) is 14.7 Å². The van der Waals surface area contributed by atoms with Crippen molar-refractivity contribution >= 4 is 0 Å². The summed E-state index contributed by atoms with van der Waals surface area (Å²) < 4.78 is 1.92. The van der Waals surface area contributed by atoms with E-state index in [1.807, 2.05) is 48.1 Å². The average Bonchev–Trinajstić information content (AvgIpc) is 2.66. The van der Waals surface area contributed by atoms with Gasteiger partial charge in [0, 0.05) is 25.9 Å². The molecular formula is C12H14N2O. The van der Waals surface area contributed by atoms with Crippen LogP contribution in [0.1, 0.15) is 17.5 Å². The molecule has 0 saturated heterocycles. The maximum Gasteiger partial charge on any atom is 0.111 e. The zero-order chi connectivity index (χ0) is 10.7. The Morgan fingerprint density at radius 3 is 2.67 bits per heavy atom. The molecule has 1 atom stereocenters. The van der Waals surface area contributed by atoms with E-state index in [0.717, 1.165) is 11.4 Å². The Bertz CT molecular complexity index is 422. The second-order valence-corrected chi connectivity index (χ2v) is 3.58. The standard InChI is InChI=1S/C12H14N2O/c1-14-8-7-13-12(14)9-11(15)10-5-3-2-4-6-10/h2-8,11,15H,9H2,1H3. The van der Waals surface area contributed by atoms with Crippen LogP contribution >= 0.6 is 0 Å². The summed E-state index contributed by atoms with van der Waals surface area (Å²) in [6.45, 7) is 0. The molecule has 1 N–H and O–H groups in total. The molecule has 3 nitrogen and oxygen atoms in total. The highest BCUT2D eigenvalue weighted by molar-refractivity contribution is 5.18. The van der Waals surface area contributed by atoms with E-state index in [4.69, 9.17) is 0 Å². The van der Waals surface area contributed by atoms with Gasteiger partial charge >= 0.3 is 0 Å². The Kier molecular flexibility index (Phi) is 2.83. The zero-order valence-electron chi connectivity index (χ0n) is 8.67. The van der Waals surface area contributed by atoms with Crippen LogP contribution in [0.3, 0.4) is 0 Å². The minimum absolute atomic E-state index is 0.479. The highest BCUT2D eigenvalue weighted by Crippen LogP contribution is 2.16. The molecule has 0 amide bonds. The van der Waals surface area contributed by atoms with Gasteiger partial charge in [-0.15, -0.1) is 0 Å². The molecule has 3 heteroatoms. The molecule has 0 saturated carbocycles. The summed E-state index contributed by atoms with van der Waals surface area (Å²) in [5, 5.41) is 9.96. The molecule has 1 unspecified atom stereocenters. The molecule has 0 spiro atoms. The number of rotatable bonds is 3. The molecule has 2 rings (SSSR count). The summed E-state index contributed by atoms with van der Waals surface area (Å²) >= 11 is 0. The van der Waals surface area contributed by atoms with Gasteiger partial charge in [-0.05, 0) is 5.56 Å². The van der Waals surface area contributed by atoms with Crippen molar-refractivity contribution in [1.82, 2.24) is 9.55 Å². The topological polar surface area (TPSA) is 38.0 Å². The van der Waals surface area contributed by atoms with Gasteiger partial charge in [-0.25, -0.2) is 4.98 Å². The quantitative estimate of drug-likeness (QED) is 0.822. The van der Waals surface area contributed by atoms with Gasteiger partial charge in [0.2, 0.25) is 0 Å². The number of benzene rings is 1. The first-order valence-corrected chi connectivity index (χ1v) is 4.96. The van der Waals surface area contributed by atoms with Crippen LogP contribution < -0.4 is 0 Å². The molecule has 78 valence electrons. The molecule has 0 aliphatic carbocycles. The highest BCUT2D eigenvalue weighted by Gasteiger charge is 2.10. The van der Waals surface area contributed by atoms with E-state index in [0.29, 0.717) is 6.42 Å². The zero-order valence-corrected chi connectivity index (χ0v) is 8.67. The van der Waals surface area contributed by atoms with Gasteiger partial charge in [-0.2, -0.15) is 0 Å². The van der Waals surface area contributed by atoms with Crippen LogP contribution in [-0.2, 0) is 13.5 Å². The third kappa shape index (κ3) is 2.25. The number of aromatic nitrogens is 2. The monoisotopic (exact) mass is 202 g/mol. The van der Waals surface area contributed by atoms with Gasteiger partial charge in [0.25, 0.3) is 0 Å². The third-order valence-electron chi connectivity index (χ3n) is 2.48. The number of aliphatic hydroxyl groups is 1. The molecule has 0 bridgehead atoms. The first-order valence-electron chi connectivity index (χ1n) is 4.96. The Morgan fingerprint density at radius 1 is 1.33 bits per heavy atom. The molecule has 2 aromatic rings. The number of aryl methyl sites for hydroxylation is 1. The Balaban J connectivity index is 2.11. The minimum Gasteiger partial charge on any atom is -0.388 e. The lowest BCUT2D eigenvalue weighted by atomic mass is 10.1. The molecule has 0 aliphatic heterocycles. The van der Waals surface area contributed by atoms with Crippen LogP contribution in [0.2, 0.25) is 0 Å². The van der Waals surface area contributed by atoms with Crippen molar-refractivity contribution < 1.29 is 5.11 Å². The van der Waals surface area contributed by atoms with Gasteiger partial charge in [0.15, 0.2) is 0 Å². The molecule has 1 heterocycles. The van der Waals surface area contributed by atoms with Gasteiger partial charge in [-0.3, -0.25) is 0 Å². The van der Waals surface area contributed by atoms with Crippen LogP contribution in [0.25, 0.3) is 0 Å². The maximum absolute atomic E-state index is 9.96. The van der Waals surface area contributed by atoms with Crippen LogP contribution in [0, 0.1) is 0 Å². The smallest absolute Gasteiger partial charge is 0.111 e. The largest absolute Gasteiger partial charge is 0.388 e. The Labute approximate surface area is 89.0 Å². The number of imidazole rings is 1. The predicted octanol–water partition coefficient (Wildman–Crippen LogP) is 1.70. The van der Waals surface area contributed by atoms with Gasteiger partial charge in [0.05, 0.1) is 6.10 Å². The first kappa shape index (κ1) is 9.93. The van der Waals surface area contributed by atoms with E-state index in [2.05, 4.69) is 4.98 Å². The van der Waals surface area contributed by atoms with E-state index >= 15 is 0 Å². The minimum atomic E-state index is -0.479. The summed E-state index contributed by atoms with van der Waals surface area (Å²) in [5.41, 5.74) is 0.931. The second-order valence-electron chi connectivity index (χ2n) is 3.58. The van der Waals surface area contributed by atoms with E-state index in [1.54, 1.807) is 6.20 Å². The molecule has 1 aromatic heterocycles. The number of nitrogens with zero attached hydrogens (tertiary/aromatic N) is 2. The van der Waals surface area contributed by atoms with Crippen LogP contribution in [0.15, 0.2) is 42.7 Å². The van der Waals surface area contributed by atoms with Crippen LogP contribution in [0.5, 0.6) is 0 Å². The lowest BCUT2D eigenvalue weighted by molar-refractivity contribution is 0.175. The maximum atomic E-state index is 9.96. The number of hydrogen-bond donors (Lipinski definition) is 1. The van der Waals surface area contributed by atoms with E-state index in [1.165, 1.54) is 0 Å². The summed E-state index contributed by atoms with van der Waals surface area (Å²) in [6, 6.07) is 9.64. The summed E-state index contributed by atoms with van der Waals surface area (Å²) in [5.74, 6) is 0.895. The molecule has 15 heavy (non-hydrogen) atoms. The summed E-state index contributed by atoms with van der Waals surface area (Å²) in [6.07, 6.45) is 3.69. The fourth-order valence-electron chi connectivity index (χ4n) is 1.56. The molecule has 0 radical (unpaired) electrons. The van der Waals surface area contributed by atoms with Gasteiger partial charge < -0.3 is 9.67 Å². The highest BCUT2D eigenvalue weighted by atomic mass is 16.3. The van der Waals surface area contributed by atoms with Crippen molar-refractivity contribution in [1.29, 1.82) is 0 Å². The third-order valence-corrected chi connectivity index (χ3v) is 2.48. The molecule has 0 aliphatic rings. The number of aliphatic hydroxyl groups excluding tert-OH is 1. The summed E-state index contributed by atoms with van der Waals surface area (Å²) in [7, 11) is 1.93. The summed E-state index contributed by atoms with van der Waals surface area (Å²) in [4.78, 5) is 4.18. The fraction of sp³-hybridized carbons (Fsp3) is 0.250. The average molecular weight is 202 g/mol. The Hall–Kier alpha value is -1.61. The van der Waals surface area contributed by atoms with Gasteiger partial charge in [-0.1, -0.05) is 30.3 Å². The molecule has 0 fully saturated rings. The van der Waals surface area contributed by atoms with E-state index in [9.17, 15) is 5.11 Å². The van der Waals surface area contributed by atoms with E-state index < -0.39 is 6.10 Å². The van der Waals surface area contributed by atoms with Crippen molar-refractivity contribution in [3.8, 4) is 0 Å². The predicted molar refractivity (Wildman–Crippen MR) is 58.3 cm³/mol. The molecule has 1 aromatic carbocycles. The van der Waals surface area contributed by atoms with Crippen molar-refractivity contribution in [2.24, 2.45) is 7.05 Å². The van der Waals surface area contributed by atoms with Crippen molar-refractivity contribution in [2.75, 3.05) is 0 Å². The lowest BCUT2D eigenvalue weighted by Crippen LogP contribution is -2.06. The van der Waals surface area contributed by atoms with Crippen molar-refractivity contribution in [3.63, 3.8) is 0 Å². The van der Waals surface area contributed by atoms with Crippen molar-refractivity contribution in [2.45, 2.75) is 12.5 Å². The fourth-order valence-corrected chi connectivity index (χ4v) is 1.56.